The Kier molecular flexibility index (Phi) is 4.81. The Balaban J connectivity index is 1.52. The second kappa shape index (κ2) is 7.01. The number of anilines is 1. The third-order valence-electron chi connectivity index (χ3n) is 4.67. The molecule has 0 fully saturated rings. The van der Waals surface area contributed by atoms with Crippen LogP contribution in [0.2, 0.25) is 0 Å². The molecule has 0 saturated carbocycles. The quantitative estimate of drug-likeness (QED) is 0.860. The largest absolute Gasteiger partial charge is 0.349 e. The van der Waals surface area contributed by atoms with Crippen molar-refractivity contribution < 1.29 is 9.59 Å². The van der Waals surface area contributed by atoms with Crippen LogP contribution >= 0.6 is 0 Å². The zero-order chi connectivity index (χ0) is 17.1. The van der Waals surface area contributed by atoms with Crippen molar-refractivity contribution in [1.82, 2.24) is 9.47 Å². The monoisotopic (exact) mass is 325 g/mol. The fraction of sp³-hybridized carbons (Fsp3) is 0.368. The van der Waals surface area contributed by atoms with Gasteiger partial charge in [0, 0.05) is 55.2 Å². The summed E-state index contributed by atoms with van der Waals surface area (Å²) in [5.74, 6) is 0.0236. The maximum absolute atomic E-state index is 12.2. The summed E-state index contributed by atoms with van der Waals surface area (Å²) in [4.78, 5) is 25.8. The lowest BCUT2D eigenvalue weighted by atomic mass is 10.1. The zero-order valence-corrected chi connectivity index (χ0v) is 14.2. The molecule has 1 amide bonds. The highest BCUT2D eigenvalue weighted by Crippen LogP contribution is 2.25. The van der Waals surface area contributed by atoms with Gasteiger partial charge in [-0.25, -0.2) is 0 Å². The second-order valence-corrected chi connectivity index (χ2v) is 6.27. The number of carbonyl (C=O) groups excluding carboxylic acids is 2. The molecule has 1 N–H and O–H groups in total. The number of Topliss-reactive ketones (excluding diaryl/α,β-unsaturated/α-hetero) is 1. The zero-order valence-electron chi connectivity index (χ0n) is 14.2. The van der Waals surface area contributed by atoms with Gasteiger partial charge in [-0.3, -0.25) is 14.5 Å². The average Bonchev–Trinajstić information content (AvgIpc) is 3.04. The standard InChI is InChI=1S/C19H23N3O2/c1-14-18-4-3-10-22(18)13-12-21(14)11-9-19(24)20-17-7-5-16(6-8-17)15(2)23/h3-8,10,14H,9,11-13H2,1-2H3,(H,20,24)/t14-/m0/s1. The van der Waals surface area contributed by atoms with Crippen LogP contribution in [0.3, 0.4) is 0 Å². The van der Waals surface area contributed by atoms with E-state index < -0.39 is 0 Å². The molecule has 24 heavy (non-hydrogen) atoms. The first-order valence-corrected chi connectivity index (χ1v) is 8.34. The summed E-state index contributed by atoms with van der Waals surface area (Å²) in [6.07, 6.45) is 2.57. The van der Waals surface area contributed by atoms with Crippen LogP contribution in [0.5, 0.6) is 0 Å². The first kappa shape index (κ1) is 16.5. The Hall–Kier alpha value is -2.40. The number of nitrogens with zero attached hydrogens (tertiary/aromatic N) is 2. The molecular formula is C19H23N3O2. The molecule has 1 atom stereocenters. The Labute approximate surface area is 142 Å². The molecule has 0 aliphatic carbocycles. The highest BCUT2D eigenvalue weighted by atomic mass is 16.1. The number of fused-ring (bicyclic) bond motifs is 1. The van der Waals surface area contributed by atoms with Crippen molar-refractivity contribution in [2.45, 2.75) is 32.9 Å². The topological polar surface area (TPSA) is 54.3 Å². The van der Waals surface area contributed by atoms with Crippen molar-refractivity contribution in [2.24, 2.45) is 0 Å². The number of carbonyl (C=O) groups is 2. The van der Waals surface area contributed by atoms with Gasteiger partial charge >= 0.3 is 0 Å². The molecule has 5 heteroatoms. The van der Waals surface area contributed by atoms with Gasteiger partial charge in [0.2, 0.25) is 5.91 Å². The highest BCUT2D eigenvalue weighted by Gasteiger charge is 2.23. The fourth-order valence-corrected chi connectivity index (χ4v) is 3.19. The first-order valence-electron chi connectivity index (χ1n) is 8.34. The number of aromatic nitrogens is 1. The van der Waals surface area contributed by atoms with Crippen molar-refractivity contribution in [3.63, 3.8) is 0 Å². The van der Waals surface area contributed by atoms with Crippen LogP contribution < -0.4 is 5.32 Å². The smallest absolute Gasteiger partial charge is 0.225 e. The molecular weight excluding hydrogens is 302 g/mol. The lowest BCUT2D eigenvalue weighted by Crippen LogP contribution is -2.38. The lowest BCUT2D eigenvalue weighted by Gasteiger charge is -2.34. The summed E-state index contributed by atoms with van der Waals surface area (Å²) < 4.78 is 2.28. The maximum Gasteiger partial charge on any atom is 0.225 e. The fourth-order valence-electron chi connectivity index (χ4n) is 3.19. The van der Waals surface area contributed by atoms with Crippen molar-refractivity contribution in [3.8, 4) is 0 Å². The number of hydrogen-bond acceptors (Lipinski definition) is 3. The minimum absolute atomic E-state index is 0.00117. The van der Waals surface area contributed by atoms with Crippen molar-refractivity contribution in [1.29, 1.82) is 0 Å². The van der Waals surface area contributed by atoms with Gasteiger partial charge in [0.15, 0.2) is 5.78 Å². The Bertz CT molecular complexity index is 733. The summed E-state index contributed by atoms with van der Waals surface area (Å²) in [6.45, 7) is 6.39. The van der Waals surface area contributed by atoms with Gasteiger partial charge in [-0.05, 0) is 50.2 Å². The van der Waals surface area contributed by atoms with Gasteiger partial charge in [-0.2, -0.15) is 0 Å². The van der Waals surface area contributed by atoms with Gasteiger partial charge in [0.1, 0.15) is 0 Å². The van der Waals surface area contributed by atoms with Crippen molar-refractivity contribution in [3.05, 3.63) is 53.9 Å². The summed E-state index contributed by atoms with van der Waals surface area (Å²) in [5.41, 5.74) is 2.69. The van der Waals surface area contributed by atoms with Crippen molar-refractivity contribution in [2.75, 3.05) is 18.4 Å². The molecule has 5 nitrogen and oxygen atoms in total. The summed E-state index contributed by atoms with van der Waals surface area (Å²) >= 11 is 0. The number of rotatable bonds is 5. The summed E-state index contributed by atoms with van der Waals surface area (Å²) in [7, 11) is 0. The van der Waals surface area contributed by atoms with Crippen LogP contribution in [0, 0.1) is 0 Å². The molecule has 3 rings (SSSR count). The maximum atomic E-state index is 12.2. The predicted molar refractivity (Wildman–Crippen MR) is 94.1 cm³/mol. The number of amides is 1. The SMILES string of the molecule is CC(=O)c1ccc(NC(=O)CCN2CCn3cccc3[C@@H]2C)cc1. The van der Waals surface area contributed by atoms with E-state index in [0.29, 0.717) is 18.0 Å². The van der Waals surface area contributed by atoms with Crippen LogP contribution in [-0.2, 0) is 11.3 Å². The molecule has 1 aliphatic heterocycles. The highest BCUT2D eigenvalue weighted by molar-refractivity contribution is 5.95. The van der Waals surface area contributed by atoms with Crippen LogP contribution in [0.25, 0.3) is 0 Å². The summed E-state index contributed by atoms with van der Waals surface area (Å²) in [5, 5.41) is 2.89. The molecule has 1 aromatic heterocycles. The molecule has 0 spiro atoms. The number of hydrogen-bond donors (Lipinski definition) is 1. The minimum Gasteiger partial charge on any atom is -0.349 e. The van der Waals surface area contributed by atoms with E-state index in [1.165, 1.54) is 12.6 Å². The van der Waals surface area contributed by atoms with Crippen molar-refractivity contribution >= 4 is 17.4 Å². The van der Waals surface area contributed by atoms with E-state index in [-0.39, 0.29) is 11.7 Å². The summed E-state index contributed by atoms with van der Waals surface area (Å²) in [6, 6.07) is 11.6. The molecule has 0 radical (unpaired) electrons. The van der Waals surface area contributed by atoms with E-state index in [1.54, 1.807) is 24.3 Å². The van der Waals surface area contributed by atoms with Gasteiger partial charge in [0.25, 0.3) is 0 Å². The van der Waals surface area contributed by atoms with Gasteiger partial charge in [-0.1, -0.05) is 0 Å². The first-order chi connectivity index (χ1) is 11.5. The Morgan fingerprint density at radius 3 is 2.62 bits per heavy atom. The van der Waals surface area contributed by atoms with Gasteiger partial charge < -0.3 is 9.88 Å². The molecule has 0 saturated heterocycles. The third-order valence-corrected chi connectivity index (χ3v) is 4.67. The normalized spacial score (nSPS) is 17.3. The van der Waals surface area contributed by atoms with E-state index >= 15 is 0 Å². The lowest BCUT2D eigenvalue weighted by molar-refractivity contribution is -0.116. The molecule has 0 unspecified atom stereocenters. The number of benzene rings is 1. The van der Waals surface area contributed by atoms with E-state index in [4.69, 9.17) is 0 Å². The average molecular weight is 325 g/mol. The van der Waals surface area contributed by atoms with E-state index in [1.807, 2.05) is 0 Å². The van der Waals surface area contributed by atoms with Crippen LogP contribution in [-0.4, -0.2) is 34.2 Å². The number of ketones is 1. The van der Waals surface area contributed by atoms with E-state index in [2.05, 4.69) is 40.0 Å². The van der Waals surface area contributed by atoms with Crippen LogP contribution in [0.1, 0.15) is 42.4 Å². The molecule has 2 aromatic rings. The molecule has 2 heterocycles. The van der Waals surface area contributed by atoms with Crippen LogP contribution in [0.15, 0.2) is 42.6 Å². The minimum atomic E-state index is -0.00117. The number of nitrogens with one attached hydrogen (secondary N) is 1. The Morgan fingerprint density at radius 1 is 1.17 bits per heavy atom. The molecule has 1 aromatic carbocycles. The predicted octanol–water partition coefficient (Wildman–Crippen LogP) is 3.10. The van der Waals surface area contributed by atoms with Gasteiger partial charge in [-0.15, -0.1) is 0 Å². The molecule has 1 aliphatic rings. The van der Waals surface area contributed by atoms with E-state index in [9.17, 15) is 9.59 Å². The molecule has 126 valence electrons. The molecule has 0 bridgehead atoms. The second-order valence-electron chi connectivity index (χ2n) is 6.27. The van der Waals surface area contributed by atoms with Crippen LogP contribution in [0.4, 0.5) is 5.69 Å². The van der Waals surface area contributed by atoms with E-state index in [0.717, 1.165) is 25.3 Å². The Morgan fingerprint density at radius 2 is 1.92 bits per heavy atom. The third kappa shape index (κ3) is 3.57. The van der Waals surface area contributed by atoms with Gasteiger partial charge in [0.05, 0.1) is 0 Å².